The molecule has 4 heteroatoms. The van der Waals surface area contributed by atoms with Crippen LogP contribution in [0.25, 0.3) is 0 Å². The fourth-order valence-corrected chi connectivity index (χ4v) is 2.35. The molecule has 1 aromatic carbocycles. The van der Waals surface area contributed by atoms with Gasteiger partial charge in [0.15, 0.2) is 0 Å². The van der Waals surface area contributed by atoms with Crippen molar-refractivity contribution in [3.05, 3.63) is 28.2 Å². The molecule has 0 fully saturated rings. The molecule has 0 heterocycles. The normalized spacial score (nSPS) is 15.2. The highest BCUT2D eigenvalue weighted by Crippen LogP contribution is 2.33. The molecule has 0 saturated carbocycles. The largest absolute Gasteiger partial charge is 0.327 e. The minimum absolute atomic E-state index is 0.134. The fourth-order valence-electron chi connectivity index (χ4n) is 0.875. The van der Waals surface area contributed by atoms with Crippen molar-refractivity contribution in [2.24, 2.45) is 5.73 Å². The second-order valence-electron chi connectivity index (χ2n) is 3.26. The number of hydrogen-bond donors (Lipinski definition) is 1. The summed E-state index contributed by atoms with van der Waals surface area (Å²) >= 11 is 13.6. The van der Waals surface area contributed by atoms with Gasteiger partial charge < -0.3 is 5.73 Å². The van der Waals surface area contributed by atoms with Crippen LogP contribution in [0.1, 0.15) is 13.8 Å². The average Bonchev–Trinajstić information content (AvgIpc) is 2.11. The molecule has 0 amide bonds. The molecule has 0 spiro atoms. The van der Waals surface area contributed by atoms with E-state index in [4.69, 9.17) is 28.9 Å². The SMILES string of the molecule is CC(N)C(C)Sc1cc(Cl)ccc1Cl. The zero-order valence-corrected chi connectivity index (χ0v) is 10.5. The van der Waals surface area contributed by atoms with Crippen molar-refractivity contribution in [2.45, 2.75) is 30.0 Å². The zero-order chi connectivity index (χ0) is 10.7. The maximum Gasteiger partial charge on any atom is 0.0543 e. The Labute approximate surface area is 99.0 Å². The quantitative estimate of drug-likeness (QED) is 0.825. The van der Waals surface area contributed by atoms with Gasteiger partial charge in [-0.3, -0.25) is 0 Å². The Kier molecular flexibility index (Phi) is 4.58. The minimum atomic E-state index is 0.134. The summed E-state index contributed by atoms with van der Waals surface area (Å²) < 4.78 is 0. The fraction of sp³-hybridized carbons (Fsp3) is 0.400. The molecule has 0 aromatic heterocycles. The third-order valence-corrected chi connectivity index (χ3v) is 4.02. The first-order valence-corrected chi connectivity index (χ1v) is 6.01. The van der Waals surface area contributed by atoms with Crippen LogP contribution in [-0.4, -0.2) is 11.3 Å². The number of halogens is 2. The molecule has 14 heavy (non-hydrogen) atoms. The van der Waals surface area contributed by atoms with Crippen LogP contribution >= 0.6 is 35.0 Å². The van der Waals surface area contributed by atoms with E-state index in [1.54, 1.807) is 23.9 Å². The number of rotatable bonds is 3. The van der Waals surface area contributed by atoms with Gasteiger partial charge in [0, 0.05) is 21.2 Å². The van der Waals surface area contributed by atoms with Crippen LogP contribution in [0.3, 0.4) is 0 Å². The molecule has 2 unspecified atom stereocenters. The molecule has 0 bridgehead atoms. The van der Waals surface area contributed by atoms with Crippen molar-refractivity contribution in [3.63, 3.8) is 0 Å². The van der Waals surface area contributed by atoms with Gasteiger partial charge in [0.1, 0.15) is 0 Å². The first-order valence-electron chi connectivity index (χ1n) is 4.38. The second-order valence-corrected chi connectivity index (χ2v) is 5.52. The molecule has 1 nitrogen and oxygen atoms in total. The van der Waals surface area contributed by atoms with E-state index < -0.39 is 0 Å². The maximum absolute atomic E-state index is 6.02. The first kappa shape index (κ1) is 12.2. The van der Waals surface area contributed by atoms with Crippen molar-refractivity contribution >= 4 is 35.0 Å². The van der Waals surface area contributed by atoms with Crippen LogP contribution in [0, 0.1) is 0 Å². The van der Waals surface area contributed by atoms with Gasteiger partial charge in [0.25, 0.3) is 0 Å². The van der Waals surface area contributed by atoms with Crippen molar-refractivity contribution in [3.8, 4) is 0 Å². The lowest BCUT2D eigenvalue weighted by Gasteiger charge is -2.15. The van der Waals surface area contributed by atoms with Gasteiger partial charge >= 0.3 is 0 Å². The van der Waals surface area contributed by atoms with Gasteiger partial charge in [0.05, 0.1) is 5.02 Å². The van der Waals surface area contributed by atoms with E-state index in [1.165, 1.54) is 0 Å². The Morgan fingerprint density at radius 3 is 2.50 bits per heavy atom. The molecule has 0 aliphatic rings. The highest BCUT2D eigenvalue weighted by Gasteiger charge is 2.11. The van der Waals surface area contributed by atoms with Gasteiger partial charge in [-0.05, 0) is 25.1 Å². The minimum Gasteiger partial charge on any atom is -0.327 e. The topological polar surface area (TPSA) is 26.0 Å². The van der Waals surface area contributed by atoms with E-state index >= 15 is 0 Å². The summed E-state index contributed by atoms with van der Waals surface area (Å²) in [6, 6.07) is 5.59. The molecule has 0 saturated heterocycles. The molecule has 0 radical (unpaired) electrons. The summed E-state index contributed by atoms with van der Waals surface area (Å²) in [5, 5.41) is 1.76. The van der Waals surface area contributed by atoms with Gasteiger partial charge in [0.2, 0.25) is 0 Å². The Balaban J connectivity index is 2.80. The molecule has 2 atom stereocenters. The van der Waals surface area contributed by atoms with Crippen LogP contribution in [0.4, 0.5) is 0 Å². The summed E-state index contributed by atoms with van der Waals surface area (Å²) in [6.07, 6.45) is 0. The van der Waals surface area contributed by atoms with Crippen LogP contribution in [0.2, 0.25) is 10.0 Å². The predicted molar refractivity (Wildman–Crippen MR) is 65.4 cm³/mol. The molecule has 78 valence electrons. The van der Waals surface area contributed by atoms with E-state index in [-0.39, 0.29) is 6.04 Å². The molecule has 0 aliphatic heterocycles. The molecule has 0 aliphatic carbocycles. The van der Waals surface area contributed by atoms with Gasteiger partial charge in [-0.1, -0.05) is 30.1 Å². The summed E-state index contributed by atoms with van der Waals surface area (Å²) in [4.78, 5) is 0.990. The van der Waals surface area contributed by atoms with E-state index in [1.807, 2.05) is 13.0 Å². The van der Waals surface area contributed by atoms with E-state index in [9.17, 15) is 0 Å². The molecule has 1 rings (SSSR count). The van der Waals surface area contributed by atoms with E-state index in [0.717, 1.165) is 9.92 Å². The third-order valence-electron chi connectivity index (χ3n) is 1.95. The second kappa shape index (κ2) is 5.26. The van der Waals surface area contributed by atoms with Crippen molar-refractivity contribution in [1.82, 2.24) is 0 Å². The standard InChI is InChI=1S/C10H13Cl2NS/c1-6(13)7(2)14-10-5-8(11)3-4-9(10)12/h3-7H,13H2,1-2H3. The zero-order valence-electron chi connectivity index (χ0n) is 8.13. The van der Waals surface area contributed by atoms with Gasteiger partial charge in [-0.25, -0.2) is 0 Å². The smallest absolute Gasteiger partial charge is 0.0543 e. The molecular formula is C10H13Cl2NS. The monoisotopic (exact) mass is 249 g/mol. The highest BCUT2D eigenvalue weighted by atomic mass is 35.5. The Morgan fingerprint density at radius 2 is 1.93 bits per heavy atom. The van der Waals surface area contributed by atoms with Crippen molar-refractivity contribution in [1.29, 1.82) is 0 Å². The lowest BCUT2D eigenvalue weighted by atomic mass is 10.3. The molecule has 2 N–H and O–H groups in total. The van der Waals surface area contributed by atoms with Crippen LogP contribution in [0.15, 0.2) is 23.1 Å². The number of hydrogen-bond acceptors (Lipinski definition) is 2. The van der Waals surface area contributed by atoms with E-state index in [0.29, 0.717) is 10.3 Å². The first-order chi connectivity index (χ1) is 6.50. The van der Waals surface area contributed by atoms with Crippen LogP contribution in [0.5, 0.6) is 0 Å². The van der Waals surface area contributed by atoms with Crippen molar-refractivity contribution < 1.29 is 0 Å². The van der Waals surface area contributed by atoms with Crippen LogP contribution < -0.4 is 5.73 Å². The van der Waals surface area contributed by atoms with Gasteiger partial charge in [-0.2, -0.15) is 0 Å². The summed E-state index contributed by atoms with van der Waals surface area (Å²) in [5.41, 5.74) is 5.77. The Hall–Kier alpha value is 0.110. The molecular weight excluding hydrogens is 237 g/mol. The lowest BCUT2D eigenvalue weighted by Crippen LogP contribution is -2.26. The lowest BCUT2D eigenvalue weighted by molar-refractivity contribution is 0.731. The van der Waals surface area contributed by atoms with E-state index in [2.05, 4.69) is 6.92 Å². The predicted octanol–water partition coefficient (Wildman–Crippen LogP) is 3.82. The average molecular weight is 250 g/mol. The summed E-state index contributed by atoms with van der Waals surface area (Å²) in [5.74, 6) is 0. The maximum atomic E-state index is 6.02. The van der Waals surface area contributed by atoms with Crippen molar-refractivity contribution in [2.75, 3.05) is 0 Å². The van der Waals surface area contributed by atoms with Crippen LogP contribution in [-0.2, 0) is 0 Å². The number of benzene rings is 1. The Bertz CT molecular complexity index is 315. The number of nitrogens with two attached hydrogens (primary N) is 1. The molecule has 1 aromatic rings. The summed E-state index contributed by atoms with van der Waals surface area (Å²) in [7, 11) is 0. The number of thioether (sulfide) groups is 1. The summed E-state index contributed by atoms with van der Waals surface area (Å²) in [6.45, 7) is 4.06. The highest BCUT2D eigenvalue weighted by molar-refractivity contribution is 8.00. The van der Waals surface area contributed by atoms with Gasteiger partial charge in [-0.15, -0.1) is 11.8 Å². The third kappa shape index (κ3) is 3.35. The Morgan fingerprint density at radius 1 is 1.29 bits per heavy atom.